The van der Waals surface area contributed by atoms with Gasteiger partial charge in [0.05, 0.1) is 30.3 Å². The van der Waals surface area contributed by atoms with E-state index in [0.29, 0.717) is 11.5 Å². The number of anilines is 1. The second-order valence-corrected chi connectivity index (χ2v) is 5.30. The van der Waals surface area contributed by atoms with Crippen molar-refractivity contribution in [3.8, 4) is 11.5 Å². The van der Waals surface area contributed by atoms with Gasteiger partial charge in [0.15, 0.2) is 6.61 Å². The van der Waals surface area contributed by atoms with Crippen LogP contribution in [0.1, 0.15) is 20.7 Å². The lowest BCUT2D eigenvalue weighted by molar-refractivity contribution is -0.384. The molecule has 0 atom stereocenters. The van der Waals surface area contributed by atoms with E-state index in [9.17, 15) is 19.7 Å². The Balaban J connectivity index is 2.15. The number of benzene rings is 2. The highest BCUT2D eigenvalue weighted by Crippen LogP contribution is 2.26. The summed E-state index contributed by atoms with van der Waals surface area (Å²) in [7, 11) is 4.39. The zero-order valence-corrected chi connectivity index (χ0v) is 15.0. The highest BCUT2D eigenvalue weighted by molar-refractivity contribution is 6.01. The standard InChI is InChI=1S/C18H18N2O7/c1-19-14-6-4-11(8-15(14)20(23)24)18(22)27-10-16(21)13-9-12(25-2)5-7-17(13)26-3/h4-9,19H,10H2,1-3H3. The lowest BCUT2D eigenvalue weighted by Crippen LogP contribution is -2.15. The number of Topliss-reactive ketones (excluding diaryl/α,β-unsaturated/α-hetero) is 1. The van der Waals surface area contributed by atoms with E-state index in [0.717, 1.165) is 6.07 Å². The molecular weight excluding hydrogens is 356 g/mol. The van der Waals surface area contributed by atoms with Gasteiger partial charge in [-0.25, -0.2) is 4.79 Å². The van der Waals surface area contributed by atoms with E-state index in [-0.39, 0.29) is 22.5 Å². The van der Waals surface area contributed by atoms with Crippen LogP contribution in [0.3, 0.4) is 0 Å². The van der Waals surface area contributed by atoms with Crippen molar-refractivity contribution in [1.29, 1.82) is 0 Å². The van der Waals surface area contributed by atoms with Crippen LogP contribution < -0.4 is 14.8 Å². The first-order valence-electron chi connectivity index (χ1n) is 7.79. The van der Waals surface area contributed by atoms with Gasteiger partial charge in [0.25, 0.3) is 5.69 Å². The van der Waals surface area contributed by atoms with Gasteiger partial charge in [-0.3, -0.25) is 14.9 Å². The molecule has 9 nitrogen and oxygen atoms in total. The molecule has 0 aliphatic rings. The number of carbonyl (C=O) groups excluding carboxylic acids is 2. The van der Waals surface area contributed by atoms with Crippen molar-refractivity contribution in [2.45, 2.75) is 0 Å². The first kappa shape index (κ1) is 19.7. The maximum Gasteiger partial charge on any atom is 0.338 e. The molecule has 27 heavy (non-hydrogen) atoms. The van der Waals surface area contributed by atoms with E-state index >= 15 is 0 Å². The zero-order valence-electron chi connectivity index (χ0n) is 15.0. The minimum Gasteiger partial charge on any atom is -0.497 e. The molecule has 0 heterocycles. The van der Waals surface area contributed by atoms with Crippen LogP contribution in [0.25, 0.3) is 0 Å². The molecule has 0 saturated carbocycles. The molecule has 0 spiro atoms. The third-order valence-corrected chi connectivity index (χ3v) is 3.74. The number of carbonyl (C=O) groups is 2. The molecule has 0 amide bonds. The molecule has 0 bridgehead atoms. The smallest absolute Gasteiger partial charge is 0.338 e. The van der Waals surface area contributed by atoms with Crippen molar-refractivity contribution in [3.63, 3.8) is 0 Å². The Bertz CT molecular complexity index is 880. The van der Waals surface area contributed by atoms with Crippen molar-refractivity contribution in [3.05, 3.63) is 57.6 Å². The van der Waals surface area contributed by atoms with Crippen LogP contribution >= 0.6 is 0 Å². The number of hydrogen-bond donors (Lipinski definition) is 1. The summed E-state index contributed by atoms with van der Waals surface area (Å²) in [5.41, 5.74) is 0.147. The van der Waals surface area contributed by atoms with Crippen molar-refractivity contribution in [2.75, 3.05) is 33.2 Å². The van der Waals surface area contributed by atoms with Crippen LogP contribution in [0.4, 0.5) is 11.4 Å². The summed E-state index contributed by atoms with van der Waals surface area (Å²) in [5.74, 6) is -0.592. The second-order valence-electron chi connectivity index (χ2n) is 5.30. The topological polar surface area (TPSA) is 117 Å². The van der Waals surface area contributed by atoms with Crippen molar-refractivity contribution in [1.82, 2.24) is 0 Å². The third-order valence-electron chi connectivity index (χ3n) is 3.74. The highest BCUT2D eigenvalue weighted by Gasteiger charge is 2.20. The summed E-state index contributed by atoms with van der Waals surface area (Å²) < 4.78 is 15.2. The average molecular weight is 374 g/mol. The number of nitrogens with one attached hydrogen (secondary N) is 1. The summed E-state index contributed by atoms with van der Waals surface area (Å²) in [4.78, 5) is 35.0. The summed E-state index contributed by atoms with van der Waals surface area (Å²) in [6.45, 7) is -0.552. The predicted octanol–water partition coefficient (Wildman–Crippen LogP) is 2.69. The largest absolute Gasteiger partial charge is 0.497 e. The summed E-state index contributed by atoms with van der Waals surface area (Å²) in [6, 6.07) is 8.52. The Morgan fingerprint density at radius 1 is 1.11 bits per heavy atom. The van der Waals surface area contributed by atoms with E-state index in [1.54, 1.807) is 12.1 Å². The Morgan fingerprint density at radius 3 is 2.44 bits per heavy atom. The number of nitro groups is 1. The number of nitrogens with zero attached hydrogens (tertiary/aromatic N) is 1. The van der Waals surface area contributed by atoms with Gasteiger partial charge in [0.2, 0.25) is 5.78 Å². The summed E-state index contributed by atoms with van der Waals surface area (Å²) in [6.07, 6.45) is 0. The van der Waals surface area contributed by atoms with Crippen LogP contribution in [0, 0.1) is 10.1 Å². The van der Waals surface area contributed by atoms with Gasteiger partial charge in [-0.15, -0.1) is 0 Å². The fourth-order valence-corrected chi connectivity index (χ4v) is 2.35. The quantitative estimate of drug-likeness (QED) is 0.324. The maximum absolute atomic E-state index is 12.4. The van der Waals surface area contributed by atoms with Gasteiger partial charge >= 0.3 is 5.97 Å². The SMILES string of the molecule is CNc1ccc(C(=O)OCC(=O)c2cc(OC)ccc2OC)cc1[N+](=O)[O-]. The van der Waals surface area contributed by atoms with Gasteiger partial charge in [-0.2, -0.15) is 0 Å². The van der Waals surface area contributed by atoms with Gasteiger partial charge in [0, 0.05) is 13.1 Å². The normalized spacial score (nSPS) is 10.0. The predicted molar refractivity (Wildman–Crippen MR) is 96.8 cm³/mol. The van der Waals surface area contributed by atoms with E-state index in [1.165, 1.54) is 39.5 Å². The van der Waals surface area contributed by atoms with Crippen molar-refractivity contribution >= 4 is 23.1 Å². The lowest BCUT2D eigenvalue weighted by Gasteiger charge is -2.10. The van der Waals surface area contributed by atoms with Crippen LogP contribution in [-0.4, -0.2) is 44.6 Å². The Hall–Kier alpha value is -3.62. The molecule has 0 saturated heterocycles. The molecule has 9 heteroatoms. The fourth-order valence-electron chi connectivity index (χ4n) is 2.35. The van der Waals surface area contributed by atoms with E-state index < -0.39 is 23.3 Å². The van der Waals surface area contributed by atoms with Gasteiger partial charge in [-0.1, -0.05) is 0 Å². The van der Waals surface area contributed by atoms with Gasteiger partial charge in [-0.05, 0) is 30.3 Å². The maximum atomic E-state index is 12.4. The number of nitro benzene ring substituents is 1. The van der Waals surface area contributed by atoms with Crippen LogP contribution in [-0.2, 0) is 4.74 Å². The van der Waals surface area contributed by atoms with E-state index in [4.69, 9.17) is 14.2 Å². The highest BCUT2D eigenvalue weighted by atomic mass is 16.6. The van der Waals surface area contributed by atoms with E-state index in [1.807, 2.05) is 0 Å². The number of ketones is 1. The zero-order chi connectivity index (χ0) is 20.0. The molecule has 2 aromatic rings. The van der Waals surface area contributed by atoms with Crippen molar-refractivity contribution in [2.24, 2.45) is 0 Å². The number of methoxy groups -OCH3 is 2. The Morgan fingerprint density at radius 2 is 1.85 bits per heavy atom. The number of ether oxygens (including phenoxy) is 3. The minimum atomic E-state index is -0.851. The number of hydrogen-bond acceptors (Lipinski definition) is 8. The van der Waals surface area contributed by atoms with Gasteiger partial charge in [0.1, 0.15) is 17.2 Å². The molecule has 2 aromatic carbocycles. The molecule has 0 radical (unpaired) electrons. The van der Waals surface area contributed by atoms with Crippen LogP contribution in [0.5, 0.6) is 11.5 Å². The van der Waals surface area contributed by atoms with Crippen molar-refractivity contribution < 1.29 is 28.7 Å². The second kappa shape index (κ2) is 8.65. The Kier molecular flexibility index (Phi) is 6.32. The molecule has 2 rings (SSSR count). The minimum absolute atomic E-state index is 0.0360. The fraction of sp³-hybridized carbons (Fsp3) is 0.222. The summed E-state index contributed by atoms with van der Waals surface area (Å²) in [5, 5.41) is 13.7. The molecular formula is C18H18N2O7. The van der Waals surface area contributed by atoms with Crippen LogP contribution in [0.2, 0.25) is 0 Å². The first-order chi connectivity index (χ1) is 12.9. The van der Waals surface area contributed by atoms with Gasteiger partial charge < -0.3 is 19.5 Å². The van der Waals surface area contributed by atoms with E-state index in [2.05, 4.69) is 5.32 Å². The monoisotopic (exact) mass is 374 g/mol. The molecule has 0 unspecified atom stereocenters. The lowest BCUT2D eigenvalue weighted by atomic mass is 10.1. The van der Waals surface area contributed by atoms with Crippen LogP contribution in [0.15, 0.2) is 36.4 Å². The molecule has 142 valence electrons. The molecule has 0 fully saturated rings. The molecule has 0 aliphatic carbocycles. The first-order valence-corrected chi connectivity index (χ1v) is 7.79. The average Bonchev–Trinajstić information content (AvgIpc) is 2.70. The number of esters is 1. The Labute approximate surface area is 155 Å². The molecule has 1 N–H and O–H groups in total. The summed E-state index contributed by atoms with van der Waals surface area (Å²) >= 11 is 0. The third kappa shape index (κ3) is 4.51. The molecule has 0 aliphatic heterocycles. The number of rotatable bonds is 8. The molecule has 0 aromatic heterocycles.